The van der Waals surface area contributed by atoms with Crippen LogP contribution in [0.1, 0.15) is 5.56 Å². The van der Waals surface area contributed by atoms with Crippen molar-refractivity contribution in [3.8, 4) is 17.2 Å². The van der Waals surface area contributed by atoms with Crippen LogP contribution in [0.3, 0.4) is 0 Å². The predicted octanol–water partition coefficient (Wildman–Crippen LogP) is 3.10. The van der Waals surface area contributed by atoms with E-state index < -0.39 is 22.5 Å². The van der Waals surface area contributed by atoms with E-state index in [2.05, 4.69) is 5.32 Å². The quantitative estimate of drug-likeness (QED) is 0.597. The molecule has 0 aliphatic carbocycles. The van der Waals surface area contributed by atoms with Gasteiger partial charge in [-0.1, -0.05) is 23.2 Å². The van der Waals surface area contributed by atoms with E-state index in [9.17, 15) is 13.2 Å². The van der Waals surface area contributed by atoms with Crippen molar-refractivity contribution in [3.05, 3.63) is 45.9 Å². The molecule has 1 N–H and O–H groups in total. The Morgan fingerprint density at radius 3 is 2.13 bits per heavy atom. The average Bonchev–Trinajstić information content (AvgIpc) is 2.70. The Bertz CT molecular complexity index is 1000. The van der Waals surface area contributed by atoms with Crippen molar-refractivity contribution in [2.75, 3.05) is 38.4 Å². The molecule has 1 amide bonds. The van der Waals surface area contributed by atoms with Gasteiger partial charge in [-0.15, -0.1) is 0 Å². The minimum atomic E-state index is -3.79. The van der Waals surface area contributed by atoms with Gasteiger partial charge in [-0.05, 0) is 35.9 Å². The second-order valence-electron chi connectivity index (χ2n) is 6.18. The van der Waals surface area contributed by atoms with Crippen LogP contribution in [0.5, 0.6) is 17.2 Å². The molecular weight excluding hydrogens is 455 g/mol. The molecule has 0 heterocycles. The van der Waals surface area contributed by atoms with Crippen LogP contribution in [0, 0.1) is 0 Å². The molecule has 0 saturated heterocycles. The van der Waals surface area contributed by atoms with Gasteiger partial charge in [0.1, 0.15) is 6.54 Å². The SMILES string of the molecule is COc1cc(CNC(=O)CN(c2cc(Cl)ccc2Cl)S(C)(=O)=O)cc(OC)c1OC. The molecule has 0 aliphatic rings. The van der Waals surface area contributed by atoms with E-state index in [4.69, 9.17) is 37.4 Å². The highest BCUT2D eigenvalue weighted by Gasteiger charge is 2.23. The van der Waals surface area contributed by atoms with Gasteiger partial charge >= 0.3 is 0 Å². The second-order valence-corrected chi connectivity index (χ2v) is 8.93. The number of carbonyl (C=O) groups is 1. The largest absolute Gasteiger partial charge is 0.493 e. The summed E-state index contributed by atoms with van der Waals surface area (Å²) >= 11 is 12.1. The van der Waals surface area contributed by atoms with Crippen LogP contribution in [-0.4, -0.2) is 48.5 Å². The van der Waals surface area contributed by atoms with Crippen molar-refractivity contribution in [1.82, 2.24) is 5.32 Å². The summed E-state index contributed by atoms with van der Waals surface area (Å²) in [5, 5.41) is 3.12. The number of sulfonamides is 1. The molecule has 8 nitrogen and oxygen atoms in total. The lowest BCUT2D eigenvalue weighted by molar-refractivity contribution is -0.119. The fraction of sp³-hybridized carbons (Fsp3) is 0.316. The van der Waals surface area contributed by atoms with Gasteiger partial charge in [0, 0.05) is 11.6 Å². The lowest BCUT2D eigenvalue weighted by atomic mass is 10.1. The Kier molecular flexibility index (Phi) is 8.05. The van der Waals surface area contributed by atoms with Crippen LogP contribution >= 0.6 is 23.2 Å². The second kappa shape index (κ2) is 10.1. The molecule has 0 fully saturated rings. The summed E-state index contributed by atoms with van der Waals surface area (Å²) in [5.41, 5.74) is 0.791. The minimum Gasteiger partial charge on any atom is -0.493 e. The summed E-state index contributed by atoms with van der Waals surface area (Å²) in [5.74, 6) is 0.758. The first-order valence-electron chi connectivity index (χ1n) is 8.59. The molecule has 0 saturated carbocycles. The van der Waals surface area contributed by atoms with Crippen LogP contribution in [0.4, 0.5) is 5.69 Å². The van der Waals surface area contributed by atoms with E-state index in [0.717, 1.165) is 10.6 Å². The molecule has 0 aliphatic heterocycles. The van der Waals surface area contributed by atoms with E-state index in [-0.39, 0.29) is 17.3 Å². The lowest BCUT2D eigenvalue weighted by Crippen LogP contribution is -2.40. The maximum Gasteiger partial charge on any atom is 0.241 e. The summed E-state index contributed by atoms with van der Waals surface area (Å²) < 4.78 is 41.2. The Balaban J connectivity index is 2.20. The molecule has 11 heteroatoms. The number of halogens is 2. The summed E-state index contributed by atoms with van der Waals surface area (Å²) in [4.78, 5) is 12.5. The smallest absolute Gasteiger partial charge is 0.241 e. The van der Waals surface area contributed by atoms with E-state index >= 15 is 0 Å². The molecule has 0 aromatic heterocycles. The highest BCUT2D eigenvalue weighted by atomic mass is 35.5. The van der Waals surface area contributed by atoms with E-state index in [1.807, 2.05) is 0 Å². The van der Waals surface area contributed by atoms with E-state index in [0.29, 0.717) is 27.8 Å². The van der Waals surface area contributed by atoms with Gasteiger partial charge in [0.25, 0.3) is 0 Å². The lowest BCUT2D eigenvalue weighted by Gasteiger charge is -2.23. The standard InChI is InChI=1S/C19H22Cl2N2O6S/c1-27-16-7-12(8-17(28-2)19(16)29-3)10-22-18(24)11-23(30(4,25)26)15-9-13(20)5-6-14(15)21/h5-9H,10-11H2,1-4H3,(H,22,24). The first-order chi connectivity index (χ1) is 14.1. The highest BCUT2D eigenvalue weighted by Crippen LogP contribution is 2.38. The molecule has 2 aromatic rings. The van der Waals surface area contributed by atoms with Crippen molar-refractivity contribution >= 4 is 44.8 Å². The summed E-state index contributed by atoms with van der Waals surface area (Å²) in [6, 6.07) is 7.74. The molecule has 2 aromatic carbocycles. The Hall–Kier alpha value is -2.36. The van der Waals surface area contributed by atoms with Crippen LogP contribution in [0.25, 0.3) is 0 Å². The Labute approximate surface area is 185 Å². The Morgan fingerprint density at radius 1 is 1.03 bits per heavy atom. The number of methoxy groups -OCH3 is 3. The number of benzene rings is 2. The van der Waals surface area contributed by atoms with Gasteiger partial charge in [0.15, 0.2) is 11.5 Å². The molecule has 30 heavy (non-hydrogen) atoms. The van der Waals surface area contributed by atoms with Gasteiger partial charge in [-0.2, -0.15) is 0 Å². The molecule has 0 bridgehead atoms. The number of hydrogen-bond donors (Lipinski definition) is 1. The highest BCUT2D eigenvalue weighted by molar-refractivity contribution is 7.92. The van der Waals surface area contributed by atoms with Crippen molar-refractivity contribution in [2.24, 2.45) is 0 Å². The Morgan fingerprint density at radius 2 is 1.63 bits per heavy atom. The number of ether oxygens (including phenoxy) is 3. The van der Waals surface area contributed by atoms with Gasteiger partial charge in [0.2, 0.25) is 21.7 Å². The maximum atomic E-state index is 12.5. The van der Waals surface area contributed by atoms with Crippen molar-refractivity contribution in [2.45, 2.75) is 6.54 Å². The molecule has 2 rings (SSSR count). The first-order valence-corrected chi connectivity index (χ1v) is 11.2. The van der Waals surface area contributed by atoms with Crippen molar-refractivity contribution < 1.29 is 27.4 Å². The third-order valence-electron chi connectivity index (χ3n) is 4.08. The van der Waals surface area contributed by atoms with E-state index in [1.165, 1.54) is 39.5 Å². The zero-order valence-corrected chi connectivity index (χ0v) is 19.2. The van der Waals surface area contributed by atoms with Gasteiger partial charge in [-0.3, -0.25) is 9.10 Å². The van der Waals surface area contributed by atoms with E-state index in [1.54, 1.807) is 12.1 Å². The van der Waals surface area contributed by atoms with Crippen LogP contribution in [0.2, 0.25) is 10.0 Å². The van der Waals surface area contributed by atoms with Gasteiger partial charge in [-0.25, -0.2) is 8.42 Å². The molecule has 0 unspecified atom stereocenters. The third-order valence-corrected chi connectivity index (χ3v) is 5.76. The zero-order chi connectivity index (χ0) is 22.5. The number of hydrogen-bond acceptors (Lipinski definition) is 6. The number of carbonyl (C=O) groups excluding carboxylic acids is 1. The number of amides is 1. The van der Waals surface area contributed by atoms with Crippen LogP contribution in [0.15, 0.2) is 30.3 Å². The minimum absolute atomic E-state index is 0.108. The fourth-order valence-electron chi connectivity index (χ4n) is 2.68. The third kappa shape index (κ3) is 5.84. The number of rotatable bonds is 9. The summed E-state index contributed by atoms with van der Waals surface area (Å²) in [6.07, 6.45) is 0.983. The van der Waals surface area contributed by atoms with Gasteiger partial charge in [0.05, 0.1) is 38.3 Å². The first kappa shape index (κ1) is 23.9. The van der Waals surface area contributed by atoms with Crippen LogP contribution in [-0.2, 0) is 21.4 Å². The maximum absolute atomic E-state index is 12.5. The van der Waals surface area contributed by atoms with Crippen molar-refractivity contribution in [1.29, 1.82) is 0 Å². The number of nitrogens with zero attached hydrogens (tertiary/aromatic N) is 1. The molecule has 0 spiro atoms. The van der Waals surface area contributed by atoms with Crippen LogP contribution < -0.4 is 23.8 Å². The average molecular weight is 477 g/mol. The fourth-order valence-corrected chi connectivity index (χ4v) is 3.98. The number of anilines is 1. The molecule has 164 valence electrons. The molecule has 0 atom stereocenters. The molecule has 0 radical (unpaired) electrons. The summed E-state index contributed by atoms with van der Waals surface area (Å²) in [6.45, 7) is -0.361. The predicted molar refractivity (Wildman–Crippen MR) is 117 cm³/mol. The monoisotopic (exact) mass is 476 g/mol. The normalized spacial score (nSPS) is 11.0. The zero-order valence-electron chi connectivity index (χ0n) is 16.9. The summed E-state index contributed by atoms with van der Waals surface area (Å²) in [7, 11) is 0.665. The number of nitrogens with one attached hydrogen (secondary N) is 1. The molecular formula is C19H22Cl2N2O6S. The van der Waals surface area contributed by atoms with Gasteiger partial charge < -0.3 is 19.5 Å². The topological polar surface area (TPSA) is 94.2 Å². The van der Waals surface area contributed by atoms with Crippen molar-refractivity contribution in [3.63, 3.8) is 0 Å².